The Morgan fingerprint density at radius 2 is 2.00 bits per heavy atom. The molecule has 148 valence electrons. The Hall–Kier alpha value is -2.61. The number of nitrogens with zero attached hydrogens (tertiary/aromatic N) is 2. The number of amides is 1. The van der Waals surface area contributed by atoms with Gasteiger partial charge in [-0.15, -0.1) is 11.8 Å². The van der Waals surface area contributed by atoms with Crippen molar-refractivity contribution >= 4 is 23.4 Å². The summed E-state index contributed by atoms with van der Waals surface area (Å²) in [6, 6.07) is 14.6. The smallest absolute Gasteiger partial charge is 0.387 e. The number of halogens is 2. The van der Waals surface area contributed by atoms with Gasteiger partial charge in [0.15, 0.2) is 11.5 Å². The molecule has 0 bridgehead atoms. The van der Waals surface area contributed by atoms with Crippen molar-refractivity contribution in [1.82, 2.24) is 5.01 Å². The summed E-state index contributed by atoms with van der Waals surface area (Å²) >= 11 is 1.43. The average molecular weight is 406 g/mol. The molecular formula is C20H20F2N2O3S. The van der Waals surface area contributed by atoms with Crippen LogP contribution in [-0.2, 0) is 10.5 Å². The molecule has 0 spiro atoms. The van der Waals surface area contributed by atoms with Crippen molar-refractivity contribution in [2.24, 2.45) is 5.10 Å². The van der Waals surface area contributed by atoms with Gasteiger partial charge in [0.25, 0.3) is 5.91 Å². The number of methoxy groups -OCH3 is 1. The van der Waals surface area contributed by atoms with Gasteiger partial charge < -0.3 is 9.47 Å². The van der Waals surface area contributed by atoms with Gasteiger partial charge in [-0.2, -0.15) is 13.9 Å². The molecule has 3 rings (SSSR count). The molecule has 0 fully saturated rings. The number of benzene rings is 2. The van der Waals surface area contributed by atoms with Crippen molar-refractivity contribution in [2.45, 2.75) is 18.8 Å². The second-order valence-electron chi connectivity index (χ2n) is 6.04. The van der Waals surface area contributed by atoms with Crippen LogP contribution in [0.25, 0.3) is 0 Å². The van der Waals surface area contributed by atoms with Crippen LogP contribution in [-0.4, -0.2) is 42.6 Å². The second kappa shape index (κ2) is 9.54. The van der Waals surface area contributed by atoms with Gasteiger partial charge in [0.05, 0.1) is 25.1 Å². The van der Waals surface area contributed by atoms with Crippen LogP contribution in [0.1, 0.15) is 17.5 Å². The van der Waals surface area contributed by atoms with E-state index in [9.17, 15) is 13.6 Å². The molecule has 1 aliphatic rings. The van der Waals surface area contributed by atoms with Gasteiger partial charge in [-0.05, 0) is 23.3 Å². The monoisotopic (exact) mass is 406 g/mol. The summed E-state index contributed by atoms with van der Waals surface area (Å²) in [5.41, 5.74) is 2.80. The van der Waals surface area contributed by atoms with Crippen LogP contribution in [0.5, 0.6) is 11.5 Å². The highest BCUT2D eigenvalue weighted by molar-refractivity contribution is 7.99. The van der Waals surface area contributed by atoms with Gasteiger partial charge in [0, 0.05) is 12.2 Å². The minimum Gasteiger partial charge on any atom is -0.493 e. The van der Waals surface area contributed by atoms with E-state index in [4.69, 9.17) is 4.74 Å². The lowest BCUT2D eigenvalue weighted by atomic mass is 10.1. The highest BCUT2D eigenvalue weighted by atomic mass is 32.2. The number of carbonyl (C=O) groups is 1. The average Bonchev–Trinajstić information content (AvgIpc) is 3.19. The Labute approximate surface area is 166 Å². The molecule has 2 aromatic rings. The largest absolute Gasteiger partial charge is 0.493 e. The predicted molar refractivity (Wildman–Crippen MR) is 105 cm³/mol. The van der Waals surface area contributed by atoms with Crippen molar-refractivity contribution in [3.8, 4) is 11.5 Å². The Bertz CT molecular complexity index is 847. The van der Waals surface area contributed by atoms with Crippen LogP contribution < -0.4 is 9.47 Å². The standard InChI is InChI=1S/C20H20F2N2O3S/c1-26-18-11-14(7-8-17(18)27-20(21)22)12-28-13-19(25)24-10-9-16(23-24)15-5-3-2-4-6-15/h2-8,11,20H,9-10,12-13H2,1H3. The van der Waals surface area contributed by atoms with E-state index in [2.05, 4.69) is 9.84 Å². The summed E-state index contributed by atoms with van der Waals surface area (Å²) in [5.74, 6) is 0.993. The summed E-state index contributed by atoms with van der Waals surface area (Å²) in [6.45, 7) is -2.33. The van der Waals surface area contributed by atoms with Crippen molar-refractivity contribution in [1.29, 1.82) is 0 Å². The molecule has 1 heterocycles. The zero-order valence-corrected chi connectivity index (χ0v) is 16.1. The van der Waals surface area contributed by atoms with Crippen molar-refractivity contribution in [3.63, 3.8) is 0 Å². The van der Waals surface area contributed by atoms with Crippen LogP contribution in [0.2, 0.25) is 0 Å². The number of carbonyl (C=O) groups excluding carboxylic acids is 1. The molecule has 0 atom stereocenters. The Balaban J connectivity index is 1.52. The zero-order chi connectivity index (χ0) is 19.9. The predicted octanol–water partition coefficient (Wildman–Crippen LogP) is 4.17. The Morgan fingerprint density at radius 3 is 2.71 bits per heavy atom. The molecule has 0 N–H and O–H groups in total. The van der Waals surface area contributed by atoms with Crippen molar-refractivity contribution in [2.75, 3.05) is 19.4 Å². The lowest BCUT2D eigenvalue weighted by Crippen LogP contribution is -2.25. The van der Waals surface area contributed by atoms with Crippen LogP contribution >= 0.6 is 11.8 Å². The number of hydrazone groups is 1. The number of thioether (sulfide) groups is 1. The molecule has 1 aliphatic heterocycles. The molecule has 5 nitrogen and oxygen atoms in total. The first-order valence-corrected chi connectivity index (χ1v) is 9.85. The quantitative estimate of drug-likeness (QED) is 0.660. The summed E-state index contributed by atoms with van der Waals surface area (Å²) in [7, 11) is 1.39. The fourth-order valence-electron chi connectivity index (χ4n) is 2.80. The van der Waals surface area contributed by atoms with Crippen LogP contribution in [0.3, 0.4) is 0 Å². The lowest BCUT2D eigenvalue weighted by molar-refractivity contribution is -0.127. The zero-order valence-electron chi connectivity index (χ0n) is 15.3. The third kappa shape index (κ3) is 5.22. The van der Waals surface area contributed by atoms with E-state index >= 15 is 0 Å². The number of alkyl halides is 2. The summed E-state index contributed by atoms with van der Waals surface area (Å²) in [4.78, 5) is 12.4. The molecule has 2 aromatic carbocycles. The second-order valence-corrected chi connectivity index (χ2v) is 7.02. The van der Waals surface area contributed by atoms with Gasteiger partial charge >= 0.3 is 6.61 Å². The number of hydrogen-bond donors (Lipinski definition) is 0. The highest BCUT2D eigenvalue weighted by Crippen LogP contribution is 2.30. The van der Waals surface area contributed by atoms with E-state index in [0.717, 1.165) is 23.3 Å². The highest BCUT2D eigenvalue weighted by Gasteiger charge is 2.21. The number of hydrogen-bond acceptors (Lipinski definition) is 5. The molecular weight excluding hydrogens is 386 g/mol. The molecule has 0 aliphatic carbocycles. The van der Waals surface area contributed by atoms with Crippen molar-refractivity contribution < 1.29 is 23.0 Å². The third-order valence-corrected chi connectivity index (χ3v) is 5.12. The van der Waals surface area contributed by atoms with Crippen LogP contribution in [0.4, 0.5) is 8.78 Å². The molecule has 0 saturated heterocycles. The normalized spacial score (nSPS) is 13.6. The van der Waals surface area contributed by atoms with Crippen LogP contribution in [0.15, 0.2) is 53.6 Å². The number of rotatable bonds is 8. The topological polar surface area (TPSA) is 51.1 Å². The van der Waals surface area contributed by atoms with Gasteiger partial charge in [-0.3, -0.25) is 4.79 Å². The maximum Gasteiger partial charge on any atom is 0.387 e. The third-order valence-electron chi connectivity index (χ3n) is 4.14. The Kier molecular flexibility index (Phi) is 6.86. The number of ether oxygens (including phenoxy) is 2. The molecule has 8 heteroatoms. The van der Waals surface area contributed by atoms with E-state index in [0.29, 0.717) is 12.3 Å². The summed E-state index contributed by atoms with van der Waals surface area (Å²) < 4.78 is 34.3. The molecule has 1 amide bonds. The SMILES string of the molecule is COc1cc(CSCC(=O)N2CCC(c3ccccc3)=N2)ccc1OC(F)F. The first-order valence-electron chi connectivity index (χ1n) is 8.69. The van der Waals surface area contributed by atoms with E-state index < -0.39 is 6.61 Å². The van der Waals surface area contributed by atoms with Crippen LogP contribution in [0, 0.1) is 0 Å². The minimum atomic E-state index is -2.91. The van der Waals surface area contributed by atoms with Gasteiger partial charge in [-0.1, -0.05) is 36.4 Å². The Morgan fingerprint density at radius 1 is 1.21 bits per heavy atom. The molecule has 28 heavy (non-hydrogen) atoms. The fraction of sp³-hybridized carbons (Fsp3) is 0.300. The first kappa shape index (κ1) is 20.1. The van der Waals surface area contributed by atoms with E-state index in [1.807, 2.05) is 30.3 Å². The lowest BCUT2D eigenvalue weighted by Gasteiger charge is -2.12. The molecule has 0 aromatic heterocycles. The fourth-order valence-corrected chi connectivity index (χ4v) is 3.64. The molecule has 0 saturated carbocycles. The summed E-state index contributed by atoms with van der Waals surface area (Å²) in [6.07, 6.45) is 0.739. The van der Waals surface area contributed by atoms with Gasteiger partial charge in [0.1, 0.15) is 0 Å². The van der Waals surface area contributed by atoms with E-state index in [1.165, 1.54) is 29.9 Å². The summed E-state index contributed by atoms with van der Waals surface area (Å²) in [5, 5.41) is 5.94. The van der Waals surface area contributed by atoms with E-state index in [-0.39, 0.29) is 23.2 Å². The van der Waals surface area contributed by atoms with Gasteiger partial charge in [-0.25, -0.2) is 5.01 Å². The maximum absolute atomic E-state index is 12.4. The van der Waals surface area contributed by atoms with Crippen molar-refractivity contribution in [3.05, 3.63) is 59.7 Å². The first-order chi connectivity index (χ1) is 13.6. The van der Waals surface area contributed by atoms with Gasteiger partial charge in [0.2, 0.25) is 0 Å². The molecule has 0 radical (unpaired) electrons. The van der Waals surface area contributed by atoms with E-state index in [1.54, 1.807) is 12.1 Å². The maximum atomic E-state index is 12.4. The minimum absolute atomic E-state index is 0.0119. The molecule has 0 unspecified atom stereocenters.